The van der Waals surface area contributed by atoms with Crippen molar-refractivity contribution in [1.29, 1.82) is 0 Å². The third-order valence-electron chi connectivity index (χ3n) is 5.85. The Balaban J connectivity index is 1.71. The Morgan fingerprint density at radius 3 is 2.50 bits per heavy atom. The van der Waals surface area contributed by atoms with E-state index in [1.165, 1.54) is 0 Å². The lowest BCUT2D eigenvalue weighted by atomic mass is 9.88. The van der Waals surface area contributed by atoms with Gasteiger partial charge < -0.3 is 9.74 Å². The van der Waals surface area contributed by atoms with Gasteiger partial charge in [-0.15, -0.1) is 0 Å². The lowest BCUT2D eigenvalue weighted by Crippen LogP contribution is -2.46. The van der Waals surface area contributed by atoms with Crippen LogP contribution in [-0.2, 0) is 20.5 Å². The first-order chi connectivity index (χ1) is 16.8. The van der Waals surface area contributed by atoms with Crippen molar-refractivity contribution >= 4 is 15.9 Å². The molecule has 0 saturated carbocycles. The van der Waals surface area contributed by atoms with Gasteiger partial charge in [-0.1, -0.05) is 11.2 Å². The standard InChI is InChI=1S/C21H19F7N4O3S/c1-36(33,34)31-15-8-32(10-21(15,27)28)16-6-20(9-22,35-30-16)18-12(5-11(7-29-18)19(25)26)17-13(23)3-2-4-14(17)24/h2-5,7,15,19,31H,6,8-10H2,1H3/t15-,20?/m1/s1. The normalized spacial score (nSPS) is 23.8. The van der Waals surface area contributed by atoms with Crippen molar-refractivity contribution in [2.24, 2.45) is 5.16 Å². The molecule has 0 bridgehead atoms. The average Bonchev–Trinajstić information content (AvgIpc) is 3.34. The number of nitrogens with one attached hydrogen (secondary N) is 1. The second kappa shape index (κ2) is 9.18. The first-order valence-corrected chi connectivity index (χ1v) is 12.3. The van der Waals surface area contributed by atoms with E-state index in [0.29, 0.717) is 12.5 Å². The van der Waals surface area contributed by atoms with Crippen LogP contribution in [-0.4, -0.2) is 62.1 Å². The summed E-state index contributed by atoms with van der Waals surface area (Å²) in [6, 6.07) is 1.74. The largest absolute Gasteiger partial charge is 0.378 e. The van der Waals surface area contributed by atoms with Gasteiger partial charge >= 0.3 is 0 Å². The molecule has 3 heterocycles. The van der Waals surface area contributed by atoms with Gasteiger partial charge in [0.2, 0.25) is 15.6 Å². The van der Waals surface area contributed by atoms with Gasteiger partial charge in [-0.3, -0.25) is 4.98 Å². The number of hydrogen-bond acceptors (Lipinski definition) is 6. The molecule has 0 aliphatic carbocycles. The van der Waals surface area contributed by atoms with Crippen LogP contribution in [0.1, 0.15) is 24.1 Å². The molecule has 2 aliphatic heterocycles. The first-order valence-electron chi connectivity index (χ1n) is 10.4. The minimum atomic E-state index is -3.98. The van der Waals surface area contributed by atoms with Crippen LogP contribution in [0.4, 0.5) is 30.7 Å². The summed E-state index contributed by atoms with van der Waals surface area (Å²) < 4.78 is 124. The lowest BCUT2D eigenvalue weighted by Gasteiger charge is -2.26. The number of hydrogen-bond donors (Lipinski definition) is 1. The fraction of sp³-hybridized carbons (Fsp3) is 0.429. The Kier molecular flexibility index (Phi) is 6.66. The Bertz CT molecular complexity index is 1290. The molecule has 196 valence electrons. The number of alkyl halides is 5. The molecule has 0 amide bonds. The zero-order valence-electron chi connectivity index (χ0n) is 18.5. The third-order valence-corrected chi connectivity index (χ3v) is 6.56. The molecule has 1 unspecified atom stereocenters. The van der Waals surface area contributed by atoms with Gasteiger partial charge in [0.05, 0.1) is 30.5 Å². The van der Waals surface area contributed by atoms with Crippen molar-refractivity contribution in [3.63, 3.8) is 0 Å². The predicted molar refractivity (Wildman–Crippen MR) is 114 cm³/mol. The van der Waals surface area contributed by atoms with Crippen LogP contribution >= 0.6 is 0 Å². The number of nitrogens with zero attached hydrogens (tertiary/aromatic N) is 3. The summed E-state index contributed by atoms with van der Waals surface area (Å²) in [5.41, 5.74) is -4.59. The van der Waals surface area contributed by atoms with Gasteiger partial charge in [-0.25, -0.2) is 43.9 Å². The molecule has 2 atom stereocenters. The van der Waals surface area contributed by atoms with Gasteiger partial charge in [-0.2, -0.15) is 0 Å². The molecule has 15 heteroatoms. The van der Waals surface area contributed by atoms with Crippen molar-refractivity contribution < 1.29 is 44.0 Å². The molecule has 2 aromatic rings. The van der Waals surface area contributed by atoms with E-state index in [2.05, 4.69) is 10.1 Å². The molecule has 1 aromatic carbocycles. The van der Waals surface area contributed by atoms with Gasteiger partial charge in [0.1, 0.15) is 30.2 Å². The maximum Gasteiger partial charge on any atom is 0.282 e. The average molecular weight is 540 g/mol. The predicted octanol–water partition coefficient (Wildman–Crippen LogP) is 3.73. The highest BCUT2D eigenvalue weighted by Gasteiger charge is 2.53. The maximum absolute atomic E-state index is 14.6. The lowest BCUT2D eigenvalue weighted by molar-refractivity contribution is -0.0435. The number of pyridine rings is 1. The zero-order chi connectivity index (χ0) is 26.5. The quantitative estimate of drug-likeness (QED) is 0.565. The second-order valence-corrected chi connectivity index (χ2v) is 10.3. The molecule has 7 nitrogen and oxygen atoms in total. The number of rotatable bonds is 6. The highest BCUT2D eigenvalue weighted by atomic mass is 32.2. The highest BCUT2D eigenvalue weighted by Crippen LogP contribution is 2.43. The SMILES string of the molecule is CS(=O)(=O)N[C@@H]1CN(C2=NOC(CF)(c3ncc(C(F)F)cc3-c3c(F)cccc3F)C2)CC1(F)F. The molecule has 0 spiro atoms. The van der Waals surface area contributed by atoms with E-state index >= 15 is 0 Å². The van der Waals surface area contributed by atoms with E-state index in [-0.39, 0.29) is 5.84 Å². The van der Waals surface area contributed by atoms with Crippen molar-refractivity contribution in [3.05, 3.63) is 53.4 Å². The van der Waals surface area contributed by atoms with Crippen molar-refractivity contribution in [1.82, 2.24) is 14.6 Å². The van der Waals surface area contributed by atoms with Crippen LogP contribution in [0.25, 0.3) is 11.1 Å². The molecule has 2 aliphatic rings. The number of halogens is 7. The van der Waals surface area contributed by atoms with Crippen molar-refractivity contribution in [2.75, 3.05) is 26.0 Å². The smallest absolute Gasteiger partial charge is 0.282 e. The van der Waals surface area contributed by atoms with E-state index in [1.807, 2.05) is 4.72 Å². The van der Waals surface area contributed by atoms with E-state index < -0.39 is 94.2 Å². The fourth-order valence-corrected chi connectivity index (χ4v) is 4.93. The fourth-order valence-electron chi connectivity index (χ4n) is 4.16. The molecule has 4 rings (SSSR count). The van der Waals surface area contributed by atoms with Crippen LogP contribution in [0, 0.1) is 11.6 Å². The van der Waals surface area contributed by atoms with E-state index in [9.17, 15) is 39.2 Å². The number of sulfonamides is 1. The van der Waals surface area contributed by atoms with Gasteiger partial charge in [0.25, 0.3) is 12.3 Å². The number of oxime groups is 1. The summed E-state index contributed by atoms with van der Waals surface area (Å²) in [6.45, 7) is -2.91. The number of amidine groups is 1. The highest BCUT2D eigenvalue weighted by molar-refractivity contribution is 7.88. The Morgan fingerprint density at radius 2 is 1.92 bits per heavy atom. The van der Waals surface area contributed by atoms with Crippen LogP contribution in [0.5, 0.6) is 0 Å². The van der Waals surface area contributed by atoms with E-state index in [4.69, 9.17) is 4.84 Å². The van der Waals surface area contributed by atoms with Crippen LogP contribution in [0.3, 0.4) is 0 Å². The van der Waals surface area contributed by atoms with Gasteiger partial charge in [0, 0.05) is 23.9 Å². The Morgan fingerprint density at radius 1 is 1.25 bits per heavy atom. The summed E-state index contributed by atoms with van der Waals surface area (Å²) in [7, 11) is -3.98. The monoisotopic (exact) mass is 540 g/mol. The summed E-state index contributed by atoms with van der Waals surface area (Å²) in [5.74, 6) is -5.98. The topological polar surface area (TPSA) is 83.9 Å². The molecule has 1 fully saturated rings. The molecule has 36 heavy (non-hydrogen) atoms. The second-order valence-electron chi connectivity index (χ2n) is 8.55. The molecule has 1 saturated heterocycles. The maximum atomic E-state index is 14.6. The van der Waals surface area contributed by atoms with E-state index in [0.717, 1.165) is 29.2 Å². The minimum Gasteiger partial charge on any atom is -0.378 e. The molecule has 0 radical (unpaired) electrons. The Labute approximate surface area is 201 Å². The Hall–Kier alpha value is -2.94. The first kappa shape index (κ1) is 26.1. The summed E-state index contributed by atoms with van der Waals surface area (Å²) in [4.78, 5) is 10.1. The van der Waals surface area contributed by atoms with Crippen molar-refractivity contribution in [2.45, 2.75) is 30.4 Å². The van der Waals surface area contributed by atoms with E-state index in [1.54, 1.807) is 0 Å². The number of benzene rings is 1. The summed E-state index contributed by atoms with van der Waals surface area (Å²) >= 11 is 0. The number of likely N-dealkylation sites (tertiary alicyclic amines) is 1. The number of aromatic nitrogens is 1. The molecular weight excluding hydrogens is 521 g/mol. The van der Waals surface area contributed by atoms with Crippen molar-refractivity contribution in [3.8, 4) is 11.1 Å². The summed E-state index contributed by atoms with van der Waals surface area (Å²) in [6.07, 6.45) is -2.20. The van der Waals surface area contributed by atoms with Crippen LogP contribution in [0.2, 0.25) is 0 Å². The zero-order valence-corrected chi connectivity index (χ0v) is 19.3. The molecule has 1 aromatic heterocycles. The van der Waals surface area contributed by atoms with Crippen LogP contribution < -0.4 is 4.72 Å². The van der Waals surface area contributed by atoms with Crippen LogP contribution in [0.15, 0.2) is 35.6 Å². The summed E-state index contributed by atoms with van der Waals surface area (Å²) in [5, 5.41) is 3.67. The third kappa shape index (κ3) is 4.85. The van der Waals surface area contributed by atoms with Gasteiger partial charge in [-0.05, 0) is 18.2 Å². The molecular formula is C21H19F7N4O3S. The molecule has 1 N–H and O–H groups in total. The minimum absolute atomic E-state index is 0.204. The van der Waals surface area contributed by atoms with Gasteiger partial charge in [0.15, 0.2) is 0 Å².